The molecular formula is C21H14ClFN4O2. The second kappa shape index (κ2) is 7.73. The Morgan fingerprint density at radius 2 is 1.55 bits per heavy atom. The Morgan fingerprint density at radius 1 is 0.897 bits per heavy atom. The highest BCUT2D eigenvalue weighted by molar-refractivity contribution is 6.30. The lowest BCUT2D eigenvalue weighted by Gasteiger charge is -2.13. The molecule has 0 aliphatic rings. The van der Waals surface area contributed by atoms with E-state index < -0.39 is 11.8 Å². The van der Waals surface area contributed by atoms with Gasteiger partial charge in [-0.1, -0.05) is 41.9 Å². The number of benzene rings is 3. The molecule has 0 unspecified atom stereocenters. The lowest BCUT2D eigenvalue weighted by molar-refractivity contribution is 0.262. The SMILES string of the molecule is O=C(Nc1ccccc1F)Nc1nn(-c2ccc(Cl)cc2)c(=O)c2ccccc12. The lowest BCUT2D eigenvalue weighted by atomic mass is 10.2. The van der Waals surface area contributed by atoms with E-state index in [0.29, 0.717) is 21.5 Å². The molecule has 0 saturated carbocycles. The standard InChI is InChI=1S/C21H14ClFN4O2/c22-13-9-11-14(12-10-13)27-20(28)16-6-2-1-5-15(16)19(26-27)25-21(29)24-18-8-4-3-7-17(18)23/h1-12H,(H2,24,25,26,29). The number of hydrogen-bond acceptors (Lipinski definition) is 3. The van der Waals surface area contributed by atoms with Crippen LogP contribution in [0.1, 0.15) is 0 Å². The largest absolute Gasteiger partial charge is 0.324 e. The van der Waals surface area contributed by atoms with E-state index in [1.807, 2.05) is 0 Å². The topological polar surface area (TPSA) is 76.0 Å². The van der Waals surface area contributed by atoms with E-state index in [9.17, 15) is 14.0 Å². The highest BCUT2D eigenvalue weighted by Gasteiger charge is 2.14. The van der Waals surface area contributed by atoms with E-state index in [1.54, 1.807) is 54.6 Å². The van der Waals surface area contributed by atoms with Crippen LogP contribution in [0, 0.1) is 5.82 Å². The van der Waals surface area contributed by atoms with E-state index in [4.69, 9.17) is 11.6 Å². The third-order valence-corrected chi connectivity index (χ3v) is 4.48. The molecule has 4 aromatic rings. The summed E-state index contributed by atoms with van der Waals surface area (Å²) < 4.78 is 15.0. The summed E-state index contributed by atoms with van der Waals surface area (Å²) in [5, 5.41) is 10.7. The van der Waals surface area contributed by atoms with Crippen LogP contribution in [-0.4, -0.2) is 15.8 Å². The van der Waals surface area contributed by atoms with Gasteiger partial charge in [0.25, 0.3) is 5.56 Å². The van der Waals surface area contributed by atoms with E-state index in [-0.39, 0.29) is 17.1 Å². The van der Waals surface area contributed by atoms with E-state index in [1.165, 1.54) is 22.9 Å². The van der Waals surface area contributed by atoms with Gasteiger partial charge in [0, 0.05) is 10.4 Å². The van der Waals surface area contributed by atoms with Gasteiger partial charge in [0.1, 0.15) is 5.82 Å². The molecular weight excluding hydrogens is 395 g/mol. The Balaban J connectivity index is 1.76. The number of aromatic nitrogens is 2. The van der Waals surface area contributed by atoms with Crippen molar-refractivity contribution in [3.05, 3.63) is 94.0 Å². The van der Waals surface area contributed by atoms with Gasteiger partial charge < -0.3 is 5.32 Å². The number of urea groups is 1. The fourth-order valence-corrected chi connectivity index (χ4v) is 2.99. The number of rotatable bonds is 3. The molecule has 0 aliphatic carbocycles. The van der Waals surface area contributed by atoms with Crippen molar-refractivity contribution in [1.82, 2.24) is 9.78 Å². The minimum absolute atomic E-state index is 0.0281. The molecule has 0 radical (unpaired) electrons. The number of hydrogen-bond donors (Lipinski definition) is 2. The van der Waals surface area contributed by atoms with Crippen molar-refractivity contribution >= 4 is 39.9 Å². The van der Waals surface area contributed by atoms with E-state index in [0.717, 1.165) is 0 Å². The highest BCUT2D eigenvalue weighted by atomic mass is 35.5. The summed E-state index contributed by atoms with van der Waals surface area (Å²) in [4.78, 5) is 25.3. The Hall–Kier alpha value is -3.71. The fourth-order valence-electron chi connectivity index (χ4n) is 2.86. The number of carbonyl (C=O) groups excluding carboxylic acids is 1. The summed E-state index contributed by atoms with van der Waals surface area (Å²) in [7, 11) is 0. The van der Waals surface area contributed by atoms with Crippen LogP contribution in [0.5, 0.6) is 0 Å². The van der Waals surface area contributed by atoms with Gasteiger partial charge >= 0.3 is 6.03 Å². The number of para-hydroxylation sites is 1. The van der Waals surface area contributed by atoms with Crippen LogP contribution in [0.25, 0.3) is 16.5 Å². The van der Waals surface area contributed by atoms with Gasteiger partial charge in [0.2, 0.25) is 0 Å². The van der Waals surface area contributed by atoms with Crippen LogP contribution in [-0.2, 0) is 0 Å². The van der Waals surface area contributed by atoms with Crippen molar-refractivity contribution in [2.24, 2.45) is 0 Å². The molecule has 29 heavy (non-hydrogen) atoms. The van der Waals surface area contributed by atoms with E-state index in [2.05, 4.69) is 15.7 Å². The third kappa shape index (κ3) is 3.81. The highest BCUT2D eigenvalue weighted by Crippen LogP contribution is 2.21. The summed E-state index contributed by atoms with van der Waals surface area (Å²) in [6, 6.07) is 18.5. The normalized spacial score (nSPS) is 10.7. The minimum Gasteiger partial charge on any atom is -0.305 e. The monoisotopic (exact) mass is 408 g/mol. The first kappa shape index (κ1) is 18.6. The minimum atomic E-state index is -0.686. The van der Waals surface area contributed by atoms with Crippen LogP contribution >= 0.6 is 11.6 Å². The van der Waals surface area contributed by atoms with Gasteiger partial charge in [-0.2, -0.15) is 4.68 Å². The number of halogens is 2. The van der Waals surface area contributed by atoms with Crippen LogP contribution in [0.15, 0.2) is 77.6 Å². The smallest absolute Gasteiger partial charge is 0.305 e. The molecule has 4 rings (SSSR count). The Morgan fingerprint density at radius 3 is 2.28 bits per heavy atom. The van der Waals surface area contributed by atoms with Gasteiger partial charge in [0.05, 0.1) is 16.8 Å². The molecule has 0 fully saturated rings. The third-order valence-electron chi connectivity index (χ3n) is 4.23. The van der Waals surface area contributed by atoms with Crippen LogP contribution in [0.2, 0.25) is 5.02 Å². The molecule has 8 heteroatoms. The average Bonchev–Trinajstić information content (AvgIpc) is 2.73. The van der Waals surface area contributed by atoms with Crippen molar-refractivity contribution in [2.75, 3.05) is 10.6 Å². The average molecular weight is 409 g/mol. The van der Waals surface area contributed by atoms with Crippen LogP contribution in [0.4, 0.5) is 20.7 Å². The molecule has 1 aromatic heterocycles. The number of fused-ring (bicyclic) bond motifs is 1. The van der Waals surface area contributed by atoms with Crippen molar-refractivity contribution in [3.8, 4) is 5.69 Å². The predicted molar refractivity (Wildman–Crippen MR) is 111 cm³/mol. The van der Waals surface area contributed by atoms with Gasteiger partial charge in [-0.25, -0.2) is 9.18 Å². The molecule has 2 N–H and O–H groups in total. The number of amides is 2. The molecule has 0 aliphatic heterocycles. The van der Waals surface area contributed by atoms with Gasteiger partial charge in [-0.3, -0.25) is 10.1 Å². The van der Waals surface area contributed by atoms with Gasteiger partial charge in [0.15, 0.2) is 5.82 Å². The molecule has 0 spiro atoms. The summed E-state index contributed by atoms with van der Waals surface area (Å²) in [6.07, 6.45) is 0. The Bertz CT molecular complexity index is 1270. The predicted octanol–water partition coefficient (Wildman–Crippen LogP) is 4.82. The molecule has 0 bridgehead atoms. The zero-order chi connectivity index (χ0) is 20.4. The Kier molecular flexibility index (Phi) is 4.97. The van der Waals surface area contributed by atoms with Gasteiger partial charge in [-0.05, 0) is 42.5 Å². The number of anilines is 2. The Labute approximate surface area is 169 Å². The van der Waals surface area contributed by atoms with Crippen LogP contribution < -0.4 is 16.2 Å². The second-order valence-electron chi connectivity index (χ2n) is 6.15. The summed E-state index contributed by atoms with van der Waals surface area (Å²) in [5.74, 6) is -0.407. The number of carbonyl (C=O) groups is 1. The summed E-state index contributed by atoms with van der Waals surface area (Å²) in [5.41, 5.74) is 0.172. The first-order chi connectivity index (χ1) is 14.0. The zero-order valence-corrected chi connectivity index (χ0v) is 15.7. The van der Waals surface area contributed by atoms with Crippen molar-refractivity contribution < 1.29 is 9.18 Å². The first-order valence-electron chi connectivity index (χ1n) is 8.63. The second-order valence-corrected chi connectivity index (χ2v) is 6.58. The van der Waals surface area contributed by atoms with Crippen molar-refractivity contribution in [2.45, 2.75) is 0 Å². The molecule has 6 nitrogen and oxygen atoms in total. The van der Waals surface area contributed by atoms with Crippen molar-refractivity contribution in [1.29, 1.82) is 0 Å². The van der Waals surface area contributed by atoms with Crippen LogP contribution in [0.3, 0.4) is 0 Å². The summed E-state index contributed by atoms with van der Waals surface area (Å²) >= 11 is 5.92. The quantitative estimate of drug-likeness (QED) is 0.510. The lowest BCUT2D eigenvalue weighted by Crippen LogP contribution is -2.26. The zero-order valence-electron chi connectivity index (χ0n) is 14.9. The molecule has 0 saturated heterocycles. The number of nitrogens with zero attached hydrogens (tertiary/aromatic N) is 2. The fraction of sp³-hybridized carbons (Fsp3) is 0. The molecule has 3 aromatic carbocycles. The van der Waals surface area contributed by atoms with Crippen molar-refractivity contribution in [3.63, 3.8) is 0 Å². The maximum atomic E-state index is 13.8. The molecule has 1 heterocycles. The summed E-state index contributed by atoms with van der Waals surface area (Å²) in [6.45, 7) is 0. The molecule has 2 amide bonds. The maximum absolute atomic E-state index is 13.8. The maximum Gasteiger partial charge on any atom is 0.324 e. The van der Waals surface area contributed by atoms with E-state index >= 15 is 0 Å². The first-order valence-corrected chi connectivity index (χ1v) is 9.01. The molecule has 144 valence electrons. The number of nitrogens with one attached hydrogen (secondary N) is 2. The molecule has 0 atom stereocenters. The van der Waals surface area contributed by atoms with Gasteiger partial charge in [-0.15, -0.1) is 5.10 Å².